The molecule has 2 aromatic carbocycles. The number of amides is 2. The summed E-state index contributed by atoms with van der Waals surface area (Å²) in [5.74, 6) is -0.151. The quantitative estimate of drug-likeness (QED) is 0.803. The smallest absolute Gasteiger partial charge is 0.233 e. The van der Waals surface area contributed by atoms with E-state index in [2.05, 4.69) is 24.5 Å². The second-order valence-electron chi connectivity index (χ2n) is 5.76. The molecule has 0 heterocycles. The summed E-state index contributed by atoms with van der Waals surface area (Å²) in [6.45, 7) is 4.66. The Hall–Kier alpha value is -2.62. The van der Waals surface area contributed by atoms with Crippen LogP contribution in [-0.2, 0) is 16.1 Å². The van der Waals surface area contributed by atoms with Gasteiger partial charge in [0.2, 0.25) is 11.8 Å². The first-order valence-corrected chi connectivity index (χ1v) is 7.75. The van der Waals surface area contributed by atoms with E-state index in [0.717, 1.165) is 5.56 Å². The molecule has 0 unspecified atom stereocenters. The summed E-state index contributed by atoms with van der Waals surface area (Å²) in [7, 11) is 0. The predicted octanol–water partition coefficient (Wildman–Crippen LogP) is 3.46. The fourth-order valence-electron chi connectivity index (χ4n) is 2.16. The number of carbonyl (C=O) groups excluding carboxylic acids is 2. The summed E-state index contributed by atoms with van der Waals surface area (Å²) >= 11 is 0. The summed E-state index contributed by atoms with van der Waals surface area (Å²) in [6, 6.07) is 17.3. The van der Waals surface area contributed by atoms with Crippen LogP contribution in [0.1, 0.15) is 37.3 Å². The lowest BCUT2D eigenvalue weighted by Gasteiger charge is -2.09. The van der Waals surface area contributed by atoms with Gasteiger partial charge in [-0.3, -0.25) is 9.59 Å². The van der Waals surface area contributed by atoms with Crippen LogP contribution in [0.15, 0.2) is 54.6 Å². The molecule has 0 bridgehead atoms. The Bertz CT molecular complexity index is 649. The van der Waals surface area contributed by atoms with E-state index in [4.69, 9.17) is 0 Å². The second kappa shape index (κ2) is 8.13. The summed E-state index contributed by atoms with van der Waals surface area (Å²) in [4.78, 5) is 23.7. The average molecular weight is 310 g/mol. The van der Waals surface area contributed by atoms with Crippen LogP contribution in [0.4, 0.5) is 5.69 Å². The van der Waals surface area contributed by atoms with E-state index in [0.29, 0.717) is 18.2 Å². The third kappa shape index (κ3) is 5.58. The van der Waals surface area contributed by atoms with Crippen molar-refractivity contribution in [2.45, 2.75) is 32.7 Å². The highest BCUT2D eigenvalue weighted by Crippen LogP contribution is 2.17. The van der Waals surface area contributed by atoms with Crippen molar-refractivity contribution in [2.75, 3.05) is 5.32 Å². The van der Waals surface area contributed by atoms with Gasteiger partial charge in [0, 0.05) is 12.2 Å². The number of anilines is 1. The number of rotatable bonds is 6. The molecule has 0 aliphatic heterocycles. The molecule has 0 aromatic heterocycles. The number of carbonyl (C=O) groups is 2. The van der Waals surface area contributed by atoms with Crippen molar-refractivity contribution >= 4 is 17.5 Å². The third-order valence-electron chi connectivity index (χ3n) is 3.51. The standard InChI is InChI=1S/C19H22N2O2/c1-14(2)16-8-10-17(11-9-16)21-19(23)12-18(22)20-13-15-6-4-3-5-7-15/h3-11,14H,12-13H2,1-2H3,(H,20,22)(H,21,23). The van der Waals surface area contributed by atoms with E-state index in [1.807, 2.05) is 54.6 Å². The maximum atomic E-state index is 11.9. The number of hydrogen-bond acceptors (Lipinski definition) is 2. The van der Waals surface area contributed by atoms with Crippen molar-refractivity contribution in [2.24, 2.45) is 0 Å². The predicted molar refractivity (Wildman–Crippen MR) is 92.1 cm³/mol. The van der Waals surface area contributed by atoms with Crippen LogP contribution < -0.4 is 10.6 Å². The van der Waals surface area contributed by atoms with Gasteiger partial charge in [-0.05, 0) is 29.2 Å². The average Bonchev–Trinajstić information content (AvgIpc) is 2.54. The normalized spacial score (nSPS) is 10.4. The van der Waals surface area contributed by atoms with Crippen LogP contribution in [0.2, 0.25) is 0 Å². The Morgan fingerprint density at radius 2 is 1.57 bits per heavy atom. The zero-order valence-electron chi connectivity index (χ0n) is 13.5. The fourth-order valence-corrected chi connectivity index (χ4v) is 2.16. The monoisotopic (exact) mass is 310 g/mol. The molecule has 0 atom stereocenters. The summed E-state index contributed by atoms with van der Waals surface area (Å²) in [5, 5.41) is 5.48. The SMILES string of the molecule is CC(C)c1ccc(NC(=O)CC(=O)NCc2ccccc2)cc1. The lowest BCUT2D eigenvalue weighted by Crippen LogP contribution is -2.27. The minimum Gasteiger partial charge on any atom is -0.352 e. The number of hydrogen-bond donors (Lipinski definition) is 2. The number of nitrogens with one attached hydrogen (secondary N) is 2. The second-order valence-corrected chi connectivity index (χ2v) is 5.76. The Kier molecular flexibility index (Phi) is 5.92. The van der Waals surface area contributed by atoms with Gasteiger partial charge >= 0.3 is 0 Å². The molecular weight excluding hydrogens is 288 g/mol. The molecule has 0 fully saturated rings. The molecule has 2 rings (SSSR count). The number of benzene rings is 2. The van der Waals surface area contributed by atoms with Gasteiger partial charge in [0.25, 0.3) is 0 Å². The topological polar surface area (TPSA) is 58.2 Å². The van der Waals surface area contributed by atoms with E-state index in [-0.39, 0.29) is 18.2 Å². The Morgan fingerprint density at radius 3 is 2.17 bits per heavy atom. The van der Waals surface area contributed by atoms with Gasteiger partial charge in [0.05, 0.1) is 0 Å². The maximum Gasteiger partial charge on any atom is 0.233 e. The van der Waals surface area contributed by atoms with Gasteiger partial charge in [-0.2, -0.15) is 0 Å². The Morgan fingerprint density at radius 1 is 0.913 bits per heavy atom. The molecule has 120 valence electrons. The van der Waals surface area contributed by atoms with Crippen LogP contribution >= 0.6 is 0 Å². The van der Waals surface area contributed by atoms with Crippen LogP contribution in [-0.4, -0.2) is 11.8 Å². The van der Waals surface area contributed by atoms with Crippen LogP contribution in [0.25, 0.3) is 0 Å². The molecule has 0 saturated heterocycles. The molecule has 0 saturated carbocycles. The van der Waals surface area contributed by atoms with E-state index in [9.17, 15) is 9.59 Å². The highest BCUT2D eigenvalue weighted by molar-refractivity contribution is 6.03. The van der Waals surface area contributed by atoms with Gasteiger partial charge in [-0.15, -0.1) is 0 Å². The van der Waals surface area contributed by atoms with Crippen LogP contribution in [0.3, 0.4) is 0 Å². The molecule has 4 nitrogen and oxygen atoms in total. The van der Waals surface area contributed by atoms with Gasteiger partial charge in [0.15, 0.2) is 0 Å². The first kappa shape index (κ1) is 16.7. The third-order valence-corrected chi connectivity index (χ3v) is 3.51. The first-order chi connectivity index (χ1) is 11.0. The van der Waals surface area contributed by atoms with Crippen LogP contribution in [0.5, 0.6) is 0 Å². The summed E-state index contributed by atoms with van der Waals surface area (Å²) in [5.41, 5.74) is 2.92. The Labute approximate surface area is 136 Å². The highest BCUT2D eigenvalue weighted by atomic mass is 16.2. The van der Waals surface area contributed by atoms with E-state index in [1.54, 1.807) is 0 Å². The minimum absolute atomic E-state index is 0.182. The highest BCUT2D eigenvalue weighted by Gasteiger charge is 2.09. The molecule has 23 heavy (non-hydrogen) atoms. The van der Waals surface area contributed by atoms with Crippen LogP contribution in [0, 0.1) is 0 Å². The molecule has 0 aliphatic rings. The molecular formula is C19H22N2O2. The van der Waals surface area contributed by atoms with Gasteiger partial charge in [0.1, 0.15) is 6.42 Å². The molecule has 0 radical (unpaired) electrons. The molecule has 0 spiro atoms. The maximum absolute atomic E-state index is 11.9. The lowest BCUT2D eigenvalue weighted by molar-refractivity contribution is -0.126. The van der Waals surface area contributed by atoms with E-state index in [1.165, 1.54) is 5.56 Å². The lowest BCUT2D eigenvalue weighted by atomic mass is 10.0. The first-order valence-electron chi connectivity index (χ1n) is 7.75. The zero-order valence-corrected chi connectivity index (χ0v) is 13.5. The molecule has 0 aliphatic carbocycles. The molecule has 2 N–H and O–H groups in total. The molecule has 2 aromatic rings. The van der Waals surface area contributed by atoms with Gasteiger partial charge < -0.3 is 10.6 Å². The van der Waals surface area contributed by atoms with Crippen molar-refractivity contribution in [3.63, 3.8) is 0 Å². The van der Waals surface area contributed by atoms with Crippen molar-refractivity contribution in [3.05, 3.63) is 65.7 Å². The van der Waals surface area contributed by atoms with Crippen molar-refractivity contribution < 1.29 is 9.59 Å². The zero-order chi connectivity index (χ0) is 16.7. The van der Waals surface area contributed by atoms with Crippen molar-refractivity contribution in [1.29, 1.82) is 0 Å². The van der Waals surface area contributed by atoms with Gasteiger partial charge in [-0.1, -0.05) is 56.3 Å². The largest absolute Gasteiger partial charge is 0.352 e. The van der Waals surface area contributed by atoms with Gasteiger partial charge in [-0.25, -0.2) is 0 Å². The summed E-state index contributed by atoms with van der Waals surface area (Å²) in [6.07, 6.45) is -0.182. The van der Waals surface area contributed by atoms with Crippen molar-refractivity contribution in [3.8, 4) is 0 Å². The minimum atomic E-state index is -0.312. The molecule has 4 heteroatoms. The fraction of sp³-hybridized carbons (Fsp3) is 0.263. The van der Waals surface area contributed by atoms with E-state index < -0.39 is 0 Å². The summed E-state index contributed by atoms with van der Waals surface area (Å²) < 4.78 is 0. The van der Waals surface area contributed by atoms with Crippen molar-refractivity contribution in [1.82, 2.24) is 5.32 Å². The van der Waals surface area contributed by atoms with E-state index >= 15 is 0 Å². The molecule has 2 amide bonds. The Balaban J connectivity index is 1.78.